The lowest BCUT2D eigenvalue weighted by Crippen LogP contribution is -2.44. The van der Waals surface area contributed by atoms with Gasteiger partial charge in [-0.2, -0.15) is 0 Å². The number of fused-ring (bicyclic) bond motifs is 1. The minimum absolute atomic E-state index is 0.469. The Hall–Kier alpha value is -1.45. The fourth-order valence-electron chi connectivity index (χ4n) is 5.55. The molecular weight excluding hydrogens is 270 g/mol. The van der Waals surface area contributed by atoms with Gasteiger partial charge in [0, 0.05) is 18.1 Å². The molecule has 0 atom stereocenters. The monoisotopic (exact) mass is 288 g/mol. The highest BCUT2D eigenvalue weighted by Gasteiger charge is 2.49. The van der Waals surface area contributed by atoms with Crippen molar-refractivity contribution in [3.8, 4) is 0 Å². The molecule has 4 aliphatic rings. The van der Waals surface area contributed by atoms with E-state index in [4.69, 9.17) is 0 Å². The van der Waals surface area contributed by atoms with E-state index in [1.54, 1.807) is 0 Å². The summed E-state index contributed by atoms with van der Waals surface area (Å²) in [4.78, 5) is 7.87. The zero-order valence-corrected chi connectivity index (χ0v) is 11.8. The Morgan fingerprint density at radius 2 is 1.52 bits per heavy atom. The molecule has 2 aromatic rings. The van der Waals surface area contributed by atoms with Crippen molar-refractivity contribution in [1.29, 1.82) is 0 Å². The van der Waals surface area contributed by atoms with Crippen molar-refractivity contribution in [1.82, 2.24) is 9.97 Å². The molecule has 0 amide bonds. The van der Waals surface area contributed by atoms with Gasteiger partial charge in [0.1, 0.15) is 5.82 Å². The fraction of sp³-hybridized carbons (Fsp3) is 0.588. The van der Waals surface area contributed by atoms with Gasteiger partial charge in [0.15, 0.2) is 11.6 Å². The van der Waals surface area contributed by atoms with E-state index in [0.717, 1.165) is 29.5 Å². The van der Waals surface area contributed by atoms with E-state index in [2.05, 4.69) is 9.97 Å². The molecule has 110 valence electrons. The Balaban J connectivity index is 1.58. The summed E-state index contributed by atoms with van der Waals surface area (Å²) in [5.74, 6) is 3.09. The number of hydrogen-bond donors (Lipinski definition) is 1. The molecule has 6 rings (SSSR count). The van der Waals surface area contributed by atoms with Gasteiger partial charge in [-0.15, -0.1) is 0 Å². The standard InChI is InChI=1S/C17H18F2N2/c18-12-6-14-15(7-13(12)19)21-17(20-14)16-10-2-8-1-9(4-10)5-11(16)3-8/h6-11,16H,1-5H2,(H,20,21). The molecule has 4 heteroatoms. The summed E-state index contributed by atoms with van der Waals surface area (Å²) >= 11 is 0. The van der Waals surface area contributed by atoms with Gasteiger partial charge in [0.25, 0.3) is 0 Å². The molecule has 0 spiro atoms. The molecular formula is C17H18F2N2. The lowest BCUT2D eigenvalue weighted by Gasteiger charge is -2.53. The van der Waals surface area contributed by atoms with E-state index in [-0.39, 0.29) is 0 Å². The van der Waals surface area contributed by atoms with Gasteiger partial charge in [0.2, 0.25) is 0 Å². The Labute approximate surface area is 122 Å². The van der Waals surface area contributed by atoms with Crippen molar-refractivity contribution in [3.63, 3.8) is 0 Å². The van der Waals surface area contributed by atoms with Crippen LogP contribution in [0.1, 0.15) is 43.8 Å². The Kier molecular flexibility index (Phi) is 2.34. The molecule has 0 radical (unpaired) electrons. The van der Waals surface area contributed by atoms with E-state index in [1.807, 2.05) is 0 Å². The maximum absolute atomic E-state index is 13.4. The Morgan fingerprint density at radius 3 is 2.19 bits per heavy atom. The minimum atomic E-state index is -0.814. The fourth-order valence-corrected chi connectivity index (χ4v) is 5.55. The van der Waals surface area contributed by atoms with Crippen LogP contribution < -0.4 is 0 Å². The summed E-state index contributed by atoms with van der Waals surface area (Å²) in [5.41, 5.74) is 1.18. The maximum Gasteiger partial charge on any atom is 0.161 e. The first-order valence-electron chi connectivity index (χ1n) is 8.02. The molecule has 0 aliphatic heterocycles. The van der Waals surface area contributed by atoms with Gasteiger partial charge in [0.05, 0.1) is 11.0 Å². The van der Waals surface area contributed by atoms with Crippen LogP contribution in [0.5, 0.6) is 0 Å². The molecule has 1 heterocycles. The lowest BCUT2D eigenvalue weighted by atomic mass is 9.52. The summed E-state index contributed by atoms with van der Waals surface area (Å²) in [6.07, 6.45) is 6.69. The lowest BCUT2D eigenvalue weighted by molar-refractivity contribution is -0.00528. The van der Waals surface area contributed by atoms with E-state index < -0.39 is 11.6 Å². The Bertz CT molecular complexity index is 654. The van der Waals surface area contributed by atoms with Crippen LogP contribution in [0.3, 0.4) is 0 Å². The second-order valence-electron chi connectivity index (χ2n) is 7.36. The SMILES string of the molecule is Fc1cc2nc(C3C4CC5CC(C4)CC3C5)[nH]c2cc1F. The largest absolute Gasteiger partial charge is 0.342 e. The first-order valence-corrected chi connectivity index (χ1v) is 8.02. The first kappa shape index (κ1) is 12.1. The van der Waals surface area contributed by atoms with Crippen molar-refractivity contribution in [2.45, 2.75) is 38.0 Å². The van der Waals surface area contributed by atoms with Gasteiger partial charge in [-0.3, -0.25) is 0 Å². The topological polar surface area (TPSA) is 28.7 Å². The van der Waals surface area contributed by atoms with Crippen LogP contribution in [0, 0.1) is 35.3 Å². The van der Waals surface area contributed by atoms with Crippen LogP contribution in [-0.4, -0.2) is 9.97 Å². The summed E-state index contributed by atoms with van der Waals surface area (Å²) in [5, 5.41) is 0. The van der Waals surface area contributed by atoms with Crippen LogP contribution in [0.2, 0.25) is 0 Å². The number of imidazole rings is 1. The predicted molar refractivity (Wildman–Crippen MR) is 75.8 cm³/mol. The predicted octanol–water partition coefficient (Wildman–Crippen LogP) is 4.38. The molecule has 21 heavy (non-hydrogen) atoms. The molecule has 1 aromatic heterocycles. The molecule has 4 saturated carbocycles. The third-order valence-corrected chi connectivity index (χ3v) is 6.08. The van der Waals surface area contributed by atoms with Crippen LogP contribution in [0.4, 0.5) is 8.78 Å². The molecule has 4 bridgehead atoms. The summed E-state index contributed by atoms with van der Waals surface area (Å²) < 4.78 is 26.7. The number of nitrogens with one attached hydrogen (secondary N) is 1. The molecule has 4 fully saturated rings. The average Bonchev–Trinajstić information content (AvgIpc) is 2.80. The van der Waals surface area contributed by atoms with E-state index in [9.17, 15) is 8.78 Å². The minimum Gasteiger partial charge on any atom is -0.342 e. The number of nitrogens with zero attached hydrogens (tertiary/aromatic N) is 1. The van der Waals surface area contributed by atoms with Crippen molar-refractivity contribution in [2.75, 3.05) is 0 Å². The zero-order chi connectivity index (χ0) is 14.1. The maximum atomic E-state index is 13.4. The molecule has 1 N–H and O–H groups in total. The van der Waals surface area contributed by atoms with Crippen LogP contribution >= 0.6 is 0 Å². The van der Waals surface area contributed by atoms with Crippen molar-refractivity contribution < 1.29 is 8.78 Å². The number of hydrogen-bond acceptors (Lipinski definition) is 1. The highest BCUT2D eigenvalue weighted by Crippen LogP contribution is 2.59. The van der Waals surface area contributed by atoms with E-state index in [0.29, 0.717) is 17.0 Å². The summed E-state index contributed by atoms with van der Waals surface area (Å²) in [6, 6.07) is 2.44. The first-order chi connectivity index (χ1) is 10.2. The van der Waals surface area contributed by atoms with Gasteiger partial charge in [-0.1, -0.05) is 0 Å². The van der Waals surface area contributed by atoms with Gasteiger partial charge >= 0.3 is 0 Å². The second-order valence-corrected chi connectivity index (χ2v) is 7.36. The number of aromatic nitrogens is 2. The molecule has 4 aliphatic carbocycles. The van der Waals surface area contributed by atoms with Crippen LogP contribution in [0.25, 0.3) is 11.0 Å². The van der Waals surface area contributed by atoms with Crippen molar-refractivity contribution in [2.24, 2.45) is 23.7 Å². The van der Waals surface area contributed by atoms with Crippen LogP contribution in [0.15, 0.2) is 12.1 Å². The van der Waals surface area contributed by atoms with E-state index >= 15 is 0 Å². The number of benzene rings is 1. The second kappa shape index (κ2) is 4.05. The third kappa shape index (κ3) is 1.71. The Morgan fingerprint density at radius 1 is 0.905 bits per heavy atom. The highest BCUT2D eigenvalue weighted by atomic mass is 19.2. The normalized spacial score (nSPS) is 37.5. The number of halogens is 2. The van der Waals surface area contributed by atoms with E-state index in [1.165, 1.54) is 44.2 Å². The van der Waals surface area contributed by atoms with Crippen LogP contribution in [-0.2, 0) is 0 Å². The van der Waals surface area contributed by atoms with Crippen molar-refractivity contribution in [3.05, 3.63) is 29.6 Å². The van der Waals surface area contributed by atoms with Gasteiger partial charge in [-0.05, 0) is 55.8 Å². The number of rotatable bonds is 1. The number of aromatic amines is 1. The summed E-state index contributed by atoms with van der Waals surface area (Å²) in [7, 11) is 0. The highest BCUT2D eigenvalue weighted by molar-refractivity contribution is 5.75. The summed E-state index contributed by atoms with van der Waals surface area (Å²) in [6.45, 7) is 0. The zero-order valence-electron chi connectivity index (χ0n) is 11.8. The molecule has 0 unspecified atom stereocenters. The molecule has 0 saturated heterocycles. The quantitative estimate of drug-likeness (QED) is 0.828. The molecule has 2 nitrogen and oxygen atoms in total. The van der Waals surface area contributed by atoms with Gasteiger partial charge in [-0.25, -0.2) is 13.8 Å². The smallest absolute Gasteiger partial charge is 0.161 e. The van der Waals surface area contributed by atoms with Gasteiger partial charge < -0.3 is 4.98 Å². The number of H-pyrrole nitrogens is 1. The van der Waals surface area contributed by atoms with Crippen molar-refractivity contribution >= 4 is 11.0 Å². The third-order valence-electron chi connectivity index (χ3n) is 6.08. The molecule has 1 aromatic carbocycles. The average molecular weight is 288 g/mol.